The molecule has 0 amide bonds. The zero-order valence-corrected chi connectivity index (χ0v) is 10.5. The summed E-state index contributed by atoms with van der Waals surface area (Å²) in [5.41, 5.74) is 7.42. The van der Waals surface area contributed by atoms with Crippen molar-refractivity contribution in [3.8, 4) is 11.8 Å². The second-order valence-electron chi connectivity index (χ2n) is 4.07. The summed E-state index contributed by atoms with van der Waals surface area (Å²) in [6.45, 7) is 0.427. The molecule has 0 aliphatic heterocycles. The Morgan fingerprint density at radius 3 is 2.56 bits per heavy atom. The predicted molar refractivity (Wildman–Crippen MR) is 70.8 cm³/mol. The van der Waals surface area contributed by atoms with E-state index in [2.05, 4.69) is 9.97 Å². The van der Waals surface area contributed by atoms with Crippen LogP contribution in [-0.4, -0.2) is 24.1 Å². The first-order chi connectivity index (χ1) is 8.69. The fourth-order valence-electron chi connectivity index (χ4n) is 1.43. The van der Waals surface area contributed by atoms with Gasteiger partial charge >= 0.3 is 6.01 Å². The molecule has 0 radical (unpaired) electrons. The lowest BCUT2D eigenvalue weighted by atomic mass is 10.3. The van der Waals surface area contributed by atoms with Crippen LogP contribution >= 0.6 is 0 Å². The summed E-state index contributed by atoms with van der Waals surface area (Å²) in [5, 5.41) is 0. The highest BCUT2D eigenvalue weighted by Gasteiger charge is 2.02. The Hall–Kier alpha value is -2.14. The SMILES string of the molecule is CN(C)c1cccc(Oc2ncc(CN)cn2)c1. The molecule has 1 heterocycles. The first kappa shape index (κ1) is 12.3. The maximum Gasteiger partial charge on any atom is 0.321 e. The third-order valence-electron chi connectivity index (χ3n) is 2.46. The van der Waals surface area contributed by atoms with Crippen LogP contribution in [0.15, 0.2) is 36.7 Å². The van der Waals surface area contributed by atoms with E-state index in [1.54, 1.807) is 12.4 Å². The first-order valence-corrected chi connectivity index (χ1v) is 5.65. The Morgan fingerprint density at radius 2 is 1.94 bits per heavy atom. The second kappa shape index (κ2) is 5.46. The lowest BCUT2D eigenvalue weighted by Gasteiger charge is -2.13. The predicted octanol–water partition coefficient (Wildman–Crippen LogP) is 1.79. The molecule has 0 aliphatic carbocycles. The van der Waals surface area contributed by atoms with E-state index in [-0.39, 0.29) is 0 Å². The minimum atomic E-state index is 0.322. The van der Waals surface area contributed by atoms with Gasteiger partial charge in [-0.25, -0.2) is 9.97 Å². The monoisotopic (exact) mass is 244 g/mol. The lowest BCUT2D eigenvalue weighted by Crippen LogP contribution is -2.08. The molecular formula is C13H16N4O. The van der Waals surface area contributed by atoms with Gasteiger partial charge in [0, 0.05) is 50.4 Å². The number of aromatic nitrogens is 2. The quantitative estimate of drug-likeness (QED) is 0.888. The van der Waals surface area contributed by atoms with Crippen LogP contribution in [0.2, 0.25) is 0 Å². The molecule has 0 bridgehead atoms. The van der Waals surface area contributed by atoms with Crippen molar-refractivity contribution in [2.45, 2.75) is 6.54 Å². The van der Waals surface area contributed by atoms with Gasteiger partial charge in [0.25, 0.3) is 0 Å². The third kappa shape index (κ3) is 2.95. The Labute approximate surface area is 106 Å². The van der Waals surface area contributed by atoms with Gasteiger partial charge in [0.15, 0.2) is 0 Å². The van der Waals surface area contributed by atoms with Gasteiger partial charge in [-0.3, -0.25) is 0 Å². The van der Waals surface area contributed by atoms with Gasteiger partial charge in [-0.1, -0.05) is 6.07 Å². The van der Waals surface area contributed by atoms with Crippen molar-refractivity contribution in [1.29, 1.82) is 0 Å². The number of hydrogen-bond acceptors (Lipinski definition) is 5. The van der Waals surface area contributed by atoms with Crippen LogP contribution < -0.4 is 15.4 Å². The summed E-state index contributed by atoms with van der Waals surface area (Å²) < 4.78 is 5.58. The van der Waals surface area contributed by atoms with Crippen LogP contribution in [-0.2, 0) is 6.54 Å². The van der Waals surface area contributed by atoms with Crippen LogP contribution in [0.4, 0.5) is 5.69 Å². The van der Waals surface area contributed by atoms with Crippen molar-refractivity contribution in [2.24, 2.45) is 5.73 Å². The summed E-state index contributed by atoms with van der Waals surface area (Å²) in [6, 6.07) is 8.06. The fourth-order valence-corrected chi connectivity index (χ4v) is 1.43. The van der Waals surface area contributed by atoms with E-state index in [0.717, 1.165) is 11.3 Å². The van der Waals surface area contributed by atoms with Crippen LogP contribution in [0.25, 0.3) is 0 Å². The number of rotatable bonds is 4. The van der Waals surface area contributed by atoms with Gasteiger partial charge < -0.3 is 15.4 Å². The molecule has 0 atom stereocenters. The number of anilines is 1. The van der Waals surface area contributed by atoms with E-state index >= 15 is 0 Å². The minimum Gasteiger partial charge on any atom is -0.424 e. The van der Waals surface area contributed by atoms with Gasteiger partial charge in [-0.2, -0.15) is 0 Å². The smallest absolute Gasteiger partial charge is 0.321 e. The molecule has 5 heteroatoms. The third-order valence-corrected chi connectivity index (χ3v) is 2.46. The summed E-state index contributed by atoms with van der Waals surface area (Å²) in [6.07, 6.45) is 3.33. The van der Waals surface area contributed by atoms with Crippen molar-refractivity contribution in [2.75, 3.05) is 19.0 Å². The van der Waals surface area contributed by atoms with Gasteiger partial charge in [-0.05, 0) is 12.1 Å². The lowest BCUT2D eigenvalue weighted by molar-refractivity contribution is 0.441. The van der Waals surface area contributed by atoms with Crippen molar-refractivity contribution in [1.82, 2.24) is 9.97 Å². The van der Waals surface area contributed by atoms with Crippen molar-refractivity contribution in [3.63, 3.8) is 0 Å². The van der Waals surface area contributed by atoms with Crippen molar-refractivity contribution < 1.29 is 4.74 Å². The minimum absolute atomic E-state index is 0.322. The van der Waals surface area contributed by atoms with Gasteiger partial charge in [0.2, 0.25) is 0 Å². The summed E-state index contributed by atoms with van der Waals surface area (Å²) >= 11 is 0. The average Bonchev–Trinajstić information content (AvgIpc) is 2.40. The topological polar surface area (TPSA) is 64.3 Å². The normalized spacial score (nSPS) is 10.2. The van der Waals surface area contributed by atoms with Gasteiger partial charge in [0.05, 0.1) is 0 Å². The molecule has 2 rings (SSSR count). The highest BCUT2D eigenvalue weighted by Crippen LogP contribution is 2.22. The zero-order valence-electron chi connectivity index (χ0n) is 10.5. The van der Waals surface area contributed by atoms with E-state index < -0.39 is 0 Å². The van der Waals surface area contributed by atoms with Crippen LogP contribution in [0, 0.1) is 0 Å². The number of nitrogens with zero attached hydrogens (tertiary/aromatic N) is 3. The van der Waals surface area contributed by atoms with Crippen LogP contribution in [0.1, 0.15) is 5.56 Å². The Morgan fingerprint density at radius 1 is 1.22 bits per heavy atom. The molecular weight excluding hydrogens is 228 g/mol. The summed E-state index contributed by atoms with van der Waals surface area (Å²) in [5.74, 6) is 0.710. The number of benzene rings is 1. The van der Waals surface area contributed by atoms with E-state index in [9.17, 15) is 0 Å². The summed E-state index contributed by atoms with van der Waals surface area (Å²) in [4.78, 5) is 10.2. The molecule has 5 nitrogen and oxygen atoms in total. The number of ether oxygens (including phenoxy) is 1. The first-order valence-electron chi connectivity index (χ1n) is 5.65. The van der Waals surface area contributed by atoms with E-state index in [0.29, 0.717) is 18.3 Å². The molecule has 0 aliphatic rings. The molecule has 2 N–H and O–H groups in total. The molecule has 2 aromatic rings. The molecule has 1 aromatic carbocycles. The maximum absolute atomic E-state index is 5.58. The summed E-state index contributed by atoms with van der Waals surface area (Å²) in [7, 11) is 3.96. The molecule has 0 fully saturated rings. The molecule has 0 unspecified atom stereocenters. The standard InChI is InChI=1S/C13H16N4O/c1-17(2)11-4-3-5-12(6-11)18-13-15-8-10(7-14)9-16-13/h3-6,8-9H,7,14H2,1-2H3. The highest BCUT2D eigenvalue weighted by atomic mass is 16.5. The fraction of sp³-hybridized carbons (Fsp3) is 0.231. The second-order valence-corrected chi connectivity index (χ2v) is 4.07. The van der Waals surface area contributed by atoms with E-state index in [4.69, 9.17) is 10.5 Å². The molecule has 0 saturated heterocycles. The molecule has 1 aromatic heterocycles. The van der Waals surface area contributed by atoms with Gasteiger partial charge in [0.1, 0.15) is 5.75 Å². The Kier molecular flexibility index (Phi) is 3.74. The molecule has 0 saturated carbocycles. The van der Waals surface area contributed by atoms with Crippen molar-refractivity contribution >= 4 is 5.69 Å². The van der Waals surface area contributed by atoms with Crippen LogP contribution in [0.5, 0.6) is 11.8 Å². The van der Waals surface area contributed by atoms with Gasteiger partial charge in [-0.15, -0.1) is 0 Å². The highest BCUT2D eigenvalue weighted by molar-refractivity contribution is 5.49. The largest absolute Gasteiger partial charge is 0.424 e. The van der Waals surface area contributed by atoms with Crippen molar-refractivity contribution in [3.05, 3.63) is 42.2 Å². The molecule has 94 valence electrons. The maximum atomic E-state index is 5.58. The molecule has 0 spiro atoms. The van der Waals surface area contributed by atoms with Crippen LogP contribution in [0.3, 0.4) is 0 Å². The Bertz CT molecular complexity index is 511. The van der Waals surface area contributed by atoms with E-state index in [1.807, 2.05) is 43.3 Å². The van der Waals surface area contributed by atoms with E-state index in [1.165, 1.54) is 0 Å². The number of hydrogen-bond donors (Lipinski definition) is 1. The molecule has 18 heavy (non-hydrogen) atoms. The average molecular weight is 244 g/mol. The number of nitrogens with two attached hydrogens (primary N) is 1. The Balaban J connectivity index is 2.15. The zero-order chi connectivity index (χ0) is 13.0.